The van der Waals surface area contributed by atoms with Crippen molar-refractivity contribution in [2.24, 2.45) is 0 Å². The van der Waals surface area contributed by atoms with Crippen molar-refractivity contribution in [3.05, 3.63) is 24.3 Å². The Morgan fingerprint density at radius 3 is 3.00 bits per heavy atom. The zero-order valence-electron chi connectivity index (χ0n) is 10.3. The van der Waals surface area contributed by atoms with Gasteiger partial charge in [0.05, 0.1) is 0 Å². The van der Waals surface area contributed by atoms with Crippen molar-refractivity contribution in [2.75, 3.05) is 12.3 Å². The van der Waals surface area contributed by atoms with E-state index in [-0.39, 0.29) is 0 Å². The van der Waals surface area contributed by atoms with E-state index < -0.39 is 0 Å². The lowest BCUT2D eigenvalue weighted by Crippen LogP contribution is -2.28. The molecule has 1 unspecified atom stereocenters. The van der Waals surface area contributed by atoms with Crippen LogP contribution in [0.4, 0.5) is 0 Å². The molecule has 0 radical (unpaired) electrons. The van der Waals surface area contributed by atoms with Crippen LogP contribution in [0, 0.1) is 0 Å². The van der Waals surface area contributed by atoms with E-state index in [9.17, 15) is 0 Å². The lowest BCUT2D eigenvalue weighted by atomic mass is 10.3. The number of nitrogens with one attached hydrogen (secondary N) is 1. The number of oxazole rings is 1. The molecule has 0 saturated heterocycles. The lowest BCUT2D eigenvalue weighted by Gasteiger charge is -2.10. The normalized spacial score (nSPS) is 13.1. The van der Waals surface area contributed by atoms with E-state index in [4.69, 9.17) is 4.42 Å². The summed E-state index contributed by atoms with van der Waals surface area (Å²) in [5.41, 5.74) is 1.80. The van der Waals surface area contributed by atoms with E-state index in [1.165, 1.54) is 0 Å². The Balaban J connectivity index is 1.90. The van der Waals surface area contributed by atoms with Gasteiger partial charge in [0.2, 0.25) is 0 Å². The second-order valence-corrected chi connectivity index (χ2v) is 5.08. The number of aromatic nitrogens is 1. The van der Waals surface area contributed by atoms with Crippen LogP contribution in [0.15, 0.2) is 33.9 Å². The summed E-state index contributed by atoms with van der Waals surface area (Å²) in [5.74, 6) is 0.979. The van der Waals surface area contributed by atoms with Crippen LogP contribution < -0.4 is 5.32 Å². The Morgan fingerprint density at radius 2 is 2.24 bits per heavy atom. The van der Waals surface area contributed by atoms with Gasteiger partial charge < -0.3 is 9.73 Å². The Hall–Kier alpha value is -1.00. The van der Waals surface area contributed by atoms with E-state index in [1.807, 2.05) is 24.3 Å². The maximum atomic E-state index is 5.65. The number of hydrogen-bond donors (Lipinski definition) is 1. The Labute approximate surface area is 106 Å². The first-order chi connectivity index (χ1) is 8.29. The number of nitrogens with zero attached hydrogens (tertiary/aromatic N) is 1. The number of rotatable bonds is 6. The molecule has 3 nitrogen and oxygen atoms in total. The van der Waals surface area contributed by atoms with Gasteiger partial charge in [0.25, 0.3) is 5.22 Å². The molecule has 2 aromatic rings. The molecule has 1 atom stereocenters. The molecule has 4 heteroatoms. The largest absolute Gasteiger partial charge is 0.431 e. The second kappa shape index (κ2) is 6.07. The molecule has 1 heterocycles. The Morgan fingerprint density at radius 1 is 1.41 bits per heavy atom. The van der Waals surface area contributed by atoms with Gasteiger partial charge in [-0.05, 0) is 32.0 Å². The van der Waals surface area contributed by atoms with Crippen LogP contribution in [-0.4, -0.2) is 23.3 Å². The molecule has 0 aliphatic heterocycles. The first-order valence-corrected chi connectivity index (χ1v) is 7.00. The Kier molecular flexibility index (Phi) is 4.45. The summed E-state index contributed by atoms with van der Waals surface area (Å²) in [6.07, 6.45) is 1.16. The van der Waals surface area contributed by atoms with Gasteiger partial charge in [0.1, 0.15) is 5.52 Å². The zero-order valence-corrected chi connectivity index (χ0v) is 11.1. The molecule has 1 N–H and O–H groups in total. The van der Waals surface area contributed by atoms with Crippen molar-refractivity contribution in [1.29, 1.82) is 0 Å². The van der Waals surface area contributed by atoms with Crippen molar-refractivity contribution in [2.45, 2.75) is 31.5 Å². The Bertz CT molecular complexity index is 436. The first-order valence-electron chi connectivity index (χ1n) is 6.01. The SMILES string of the molecule is CCCNC(C)CSc1nc2ccccc2o1. The summed E-state index contributed by atoms with van der Waals surface area (Å²) < 4.78 is 5.65. The fourth-order valence-electron chi connectivity index (χ4n) is 1.56. The van der Waals surface area contributed by atoms with E-state index in [2.05, 4.69) is 24.1 Å². The minimum absolute atomic E-state index is 0.481. The molecule has 0 aliphatic carbocycles. The molecule has 1 aromatic carbocycles. The van der Waals surface area contributed by atoms with E-state index in [0.717, 1.165) is 35.0 Å². The predicted molar refractivity (Wildman–Crippen MR) is 72.5 cm³/mol. The molecule has 0 bridgehead atoms. The van der Waals surface area contributed by atoms with E-state index >= 15 is 0 Å². The van der Waals surface area contributed by atoms with Crippen molar-refractivity contribution in [3.63, 3.8) is 0 Å². The number of para-hydroxylation sites is 2. The quantitative estimate of drug-likeness (QED) is 0.798. The second-order valence-electron chi connectivity index (χ2n) is 4.11. The van der Waals surface area contributed by atoms with Crippen molar-refractivity contribution >= 4 is 22.9 Å². The fraction of sp³-hybridized carbons (Fsp3) is 0.462. The van der Waals surface area contributed by atoms with Gasteiger partial charge in [-0.15, -0.1) is 0 Å². The number of thioether (sulfide) groups is 1. The average molecular weight is 250 g/mol. The van der Waals surface area contributed by atoms with Crippen molar-refractivity contribution < 1.29 is 4.42 Å². The van der Waals surface area contributed by atoms with Gasteiger partial charge in [-0.3, -0.25) is 0 Å². The predicted octanol–water partition coefficient (Wildman–Crippen LogP) is 3.31. The van der Waals surface area contributed by atoms with Crippen LogP contribution in [0.2, 0.25) is 0 Å². The van der Waals surface area contributed by atoms with Gasteiger partial charge in [-0.25, -0.2) is 4.98 Å². The molecule has 0 spiro atoms. The van der Waals surface area contributed by atoms with E-state index in [0.29, 0.717) is 6.04 Å². The van der Waals surface area contributed by atoms with Crippen LogP contribution in [0.25, 0.3) is 11.1 Å². The van der Waals surface area contributed by atoms with Crippen molar-refractivity contribution in [3.8, 4) is 0 Å². The minimum atomic E-state index is 0.481. The highest BCUT2D eigenvalue weighted by Crippen LogP contribution is 2.23. The smallest absolute Gasteiger partial charge is 0.256 e. The maximum absolute atomic E-state index is 5.65. The highest BCUT2D eigenvalue weighted by atomic mass is 32.2. The third-order valence-corrected chi connectivity index (χ3v) is 3.56. The van der Waals surface area contributed by atoms with Crippen LogP contribution in [0.1, 0.15) is 20.3 Å². The molecular formula is C13H18N2OS. The molecule has 0 fully saturated rings. The van der Waals surface area contributed by atoms with Gasteiger partial charge >= 0.3 is 0 Å². The number of hydrogen-bond acceptors (Lipinski definition) is 4. The monoisotopic (exact) mass is 250 g/mol. The molecular weight excluding hydrogens is 232 g/mol. The van der Waals surface area contributed by atoms with Gasteiger partial charge in [0.15, 0.2) is 5.58 Å². The summed E-state index contributed by atoms with van der Waals surface area (Å²) in [6.45, 7) is 5.42. The van der Waals surface area contributed by atoms with Crippen LogP contribution in [-0.2, 0) is 0 Å². The third kappa shape index (κ3) is 3.48. The highest BCUT2D eigenvalue weighted by molar-refractivity contribution is 7.99. The zero-order chi connectivity index (χ0) is 12.1. The summed E-state index contributed by atoms with van der Waals surface area (Å²) in [4.78, 5) is 4.43. The number of fused-ring (bicyclic) bond motifs is 1. The number of benzene rings is 1. The molecule has 0 amide bonds. The van der Waals surface area contributed by atoms with Crippen LogP contribution in [0.5, 0.6) is 0 Å². The van der Waals surface area contributed by atoms with Crippen LogP contribution >= 0.6 is 11.8 Å². The fourth-order valence-corrected chi connectivity index (χ4v) is 2.38. The standard InChI is InChI=1S/C13H18N2OS/c1-3-8-14-10(2)9-17-13-15-11-6-4-5-7-12(11)16-13/h4-7,10,14H,3,8-9H2,1-2H3. The molecule has 1 aromatic heterocycles. The highest BCUT2D eigenvalue weighted by Gasteiger charge is 2.07. The average Bonchev–Trinajstić information content (AvgIpc) is 2.76. The summed E-state index contributed by atoms with van der Waals surface area (Å²) >= 11 is 1.66. The molecule has 0 aliphatic rings. The van der Waals surface area contributed by atoms with Crippen molar-refractivity contribution in [1.82, 2.24) is 10.3 Å². The third-order valence-electron chi connectivity index (χ3n) is 2.47. The summed E-state index contributed by atoms with van der Waals surface area (Å²) in [7, 11) is 0. The minimum Gasteiger partial charge on any atom is -0.431 e. The van der Waals surface area contributed by atoms with Crippen LogP contribution in [0.3, 0.4) is 0 Å². The molecule has 17 heavy (non-hydrogen) atoms. The lowest BCUT2D eigenvalue weighted by molar-refractivity contribution is 0.488. The molecule has 0 saturated carbocycles. The summed E-state index contributed by atoms with van der Waals surface area (Å²) in [6, 6.07) is 8.35. The molecule has 92 valence electrons. The molecule has 2 rings (SSSR count). The van der Waals surface area contributed by atoms with E-state index in [1.54, 1.807) is 11.8 Å². The topological polar surface area (TPSA) is 38.1 Å². The van der Waals surface area contributed by atoms with Gasteiger partial charge in [-0.1, -0.05) is 30.8 Å². The first kappa shape index (κ1) is 12.5. The van der Waals surface area contributed by atoms with Gasteiger partial charge in [0, 0.05) is 11.8 Å². The summed E-state index contributed by atoms with van der Waals surface area (Å²) in [5, 5.41) is 4.21. The van der Waals surface area contributed by atoms with Gasteiger partial charge in [-0.2, -0.15) is 0 Å². The maximum Gasteiger partial charge on any atom is 0.256 e.